The normalized spacial score (nSPS) is 10.4. The van der Waals surface area contributed by atoms with Crippen molar-refractivity contribution in [2.45, 2.75) is 6.54 Å². The predicted octanol–water partition coefficient (Wildman–Crippen LogP) is 3.20. The van der Waals surface area contributed by atoms with Crippen LogP contribution in [0.5, 0.6) is 0 Å². The van der Waals surface area contributed by atoms with E-state index in [1.165, 1.54) is 0 Å². The highest BCUT2D eigenvalue weighted by Gasteiger charge is 2.16. The maximum absolute atomic E-state index is 12.4. The number of rotatable bonds is 6. The number of aromatic nitrogens is 3. The molecule has 2 aromatic carbocycles. The van der Waals surface area contributed by atoms with Gasteiger partial charge < -0.3 is 15.5 Å². The number of amides is 1. The molecule has 0 aliphatic heterocycles. The van der Waals surface area contributed by atoms with E-state index in [2.05, 4.69) is 26.0 Å². The second-order valence-corrected chi connectivity index (χ2v) is 6.34. The summed E-state index contributed by atoms with van der Waals surface area (Å²) in [5.41, 5.74) is 3.01. The van der Waals surface area contributed by atoms with Crippen molar-refractivity contribution in [3.05, 3.63) is 64.8 Å². The summed E-state index contributed by atoms with van der Waals surface area (Å²) < 4.78 is 0. The molecule has 134 valence electrons. The SMILES string of the molecule is CN(C)c1ccc(CNC(=O)c2n[nH]nc2Nc2cccc(Cl)c2)cc1. The minimum atomic E-state index is -0.319. The highest BCUT2D eigenvalue weighted by atomic mass is 35.5. The van der Waals surface area contributed by atoms with Crippen molar-refractivity contribution in [1.29, 1.82) is 0 Å². The largest absolute Gasteiger partial charge is 0.378 e. The second kappa shape index (κ2) is 7.88. The Morgan fingerprint density at radius 1 is 1.15 bits per heavy atom. The number of aromatic amines is 1. The number of anilines is 3. The standard InChI is InChI=1S/C18H19ClN6O/c1-25(2)15-8-6-12(7-9-15)11-20-18(26)16-17(23-24-22-16)21-14-5-3-4-13(19)10-14/h3-10H,11H2,1-2H3,(H,20,26)(H2,21,22,23,24). The van der Waals surface area contributed by atoms with Crippen molar-refractivity contribution in [2.24, 2.45) is 0 Å². The summed E-state index contributed by atoms with van der Waals surface area (Å²) in [5, 5.41) is 16.9. The van der Waals surface area contributed by atoms with Gasteiger partial charge in [0, 0.05) is 37.0 Å². The molecular formula is C18H19ClN6O. The predicted molar refractivity (Wildman–Crippen MR) is 103 cm³/mol. The number of nitrogens with zero attached hydrogens (tertiary/aromatic N) is 3. The van der Waals surface area contributed by atoms with Gasteiger partial charge in [-0.15, -0.1) is 10.2 Å². The molecule has 26 heavy (non-hydrogen) atoms. The fraction of sp³-hybridized carbons (Fsp3) is 0.167. The quantitative estimate of drug-likeness (QED) is 0.620. The van der Waals surface area contributed by atoms with Gasteiger partial charge in [-0.25, -0.2) is 0 Å². The van der Waals surface area contributed by atoms with Crippen molar-refractivity contribution < 1.29 is 4.79 Å². The van der Waals surface area contributed by atoms with Gasteiger partial charge in [0.2, 0.25) is 0 Å². The van der Waals surface area contributed by atoms with Gasteiger partial charge in [0.05, 0.1) is 0 Å². The zero-order valence-corrected chi connectivity index (χ0v) is 15.2. The minimum absolute atomic E-state index is 0.190. The van der Waals surface area contributed by atoms with Gasteiger partial charge in [0.1, 0.15) is 0 Å². The van der Waals surface area contributed by atoms with Gasteiger partial charge in [-0.1, -0.05) is 29.8 Å². The third-order valence-corrected chi connectivity index (χ3v) is 3.99. The molecule has 1 amide bonds. The second-order valence-electron chi connectivity index (χ2n) is 5.90. The number of benzene rings is 2. The molecule has 0 aliphatic rings. The molecular weight excluding hydrogens is 352 g/mol. The molecule has 1 aromatic heterocycles. The van der Waals surface area contributed by atoms with Crippen LogP contribution in [0, 0.1) is 0 Å². The summed E-state index contributed by atoms with van der Waals surface area (Å²) in [4.78, 5) is 14.4. The third kappa shape index (κ3) is 4.31. The van der Waals surface area contributed by atoms with Crippen LogP contribution >= 0.6 is 11.6 Å². The van der Waals surface area contributed by atoms with E-state index in [1.54, 1.807) is 12.1 Å². The maximum Gasteiger partial charge on any atom is 0.275 e. The van der Waals surface area contributed by atoms with Gasteiger partial charge in [0.15, 0.2) is 11.5 Å². The summed E-state index contributed by atoms with van der Waals surface area (Å²) in [6.45, 7) is 0.399. The zero-order chi connectivity index (χ0) is 18.5. The van der Waals surface area contributed by atoms with E-state index in [9.17, 15) is 4.79 Å². The van der Waals surface area contributed by atoms with Gasteiger partial charge in [-0.2, -0.15) is 5.21 Å². The Morgan fingerprint density at radius 3 is 2.62 bits per heavy atom. The monoisotopic (exact) mass is 370 g/mol. The molecule has 0 atom stereocenters. The van der Waals surface area contributed by atoms with E-state index in [4.69, 9.17) is 11.6 Å². The number of H-pyrrole nitrogens is 1. The number of nitrogens with one attached hydrogen (secondary N) is 3. The first-order chi connectivity index (χ1) is 12.5. The lowest BCUT2D eigenvalue weighted by Crippen LogP contribution is -2.24. The van der Waals surface area contributed by atoms with Crippen molar-refractivity contribution >= 4 is 34.7 Å². The molecule has 7 nitrogen and oxygen atoms in total. The van der Waals surface area contributed by atoms with Crippen molar-refractivity contribution in [3.63, 3.8) is 0 Å². The zero-order valence-electron chi connectivity index (χ0n) is 14.5. The molecule has 0 bridgehead atoms. The van der Waals surface area contributed by atoms with Crippen LogP contribution in [0.2, 0.25) is 5.02 Å². The van der Waals surface area contributed by atoms with Crippen LogP contribution in [-0.4, -0.2) is 35.4 Å². The lowest BCUT2D eigenvalue weighted by Gasteiger charge is -2.12. The average Bonchev–Trinajstić information content (AvgIpc) is 3.08. The van der Waals surface area contributed by atoms with Crippen molar-refractivity contribution in [1.82, 2.24) is 20.7 Å². The lowest BCUT2D eigenvalue weighted by atomic mass is 10.2. The molecule has 3 aromatic rings. The molecule has 0 radical (unpaired) electrons. The number of hydrogen-bond donors (Lipinski definition) is 3. The van der Waals surface area contributed by atoms with E-state index in [1.807, 2.05) is 55.4 Å². The number of carbonyl (C=O) groups is 1. The molecule has 0 spiro atoms. The molecule has 0 unspecified atom stereocenters. The Hall–Kier alpha value is -3.06. The van der Waals surface area contributed by atoms with Gasteiger partial charge >= 0.3 is 0 Å². The first-order valence-electron chi connectivity index (χ1n) is 8.01. The molecule has 0 fully saturated rings. The summed E-state index contributed by atoms with van der Waals surface area (Å²) in [7, 11) is 3.96. The molecule has 8 heteroatoms. The number of carbonyl (C=O) groups excluding carboxylic acids is 1. The molecule has 0 saturated carbocycles. The van der Waals surface area contributed by atoms with Gasteiger partial charge in [-0.3, -0.25) is 4.79 Å². The third-order valence-electron chi connectivity index (χ3n) is 3.76. The summed E-state index contributed by atoms with van der Waals surface area (Å²) >= 11 is 5.97. The Kier molecular flexibility index (Phi) is 5.38. The maximum atomic E-state index is 12.4. The molecule has 3 N–H and O–H groups in total. The van der Waals surface area contributed by atoms with Crippen molar-refractivity contribution in [3.8, 4) is 0 Å². The summed E-state index contributed by atoms with van der Waals surface area (Å²) in [5.74, 6) is 0.0210. The van der Waals surface area contributed by atoms with Crippen LogP contribution in [-0.2, 0) is 6.54 Å². The summed E-state index contributed by atoms with van der Waals surface area (Å²) in [6, 6.07) is 15.1. The van der Waals surface area contributed by atoms with E-state index < -0.39 is 0 Å². The molecule has 1 heterocycles. The Bertz CT molecular complexity index is 891. The van der Waals surface area contributed by atoms with Crippen LogP contribution in [0.15, 0.2) is 48.5 Å². The highest BCUT2D eigenvalue weighted by molar-refractivity contribution is 6.30. The van der Waals surface area contributed by atoms with Gasteiger partial charge in [0.25, 0.3) is 5.91 Å². The smallest absolute Gasteiger partial charge is 0.275 e. The van der Waals surface area contributed by atoms with E-state index in [-0.39, 0.29) is 11.6 Å². The van der Waals surface area contributed by atoms with E-state index in [0.717, 1.165) is 16.9 Å². The molecule has 0 saturated heterocycles. The lowest BCUT2D eigenvalue weighted by molar-refractivity contribution is 0.0946. The van der Waals surface area contributed by atoms with Crippen LogP contribution < -0.4 is 15.5 Å². The molecule has 3 rings (SSSR count). The van der Waals surface area contributed by atoms with Crippen LogP contribution in [0.25, 0.3) is 0 Å². The first kappa shape index (κ1) is 17.8. The van der Waals surface area contributed by atoms with Gasteiger partial charge in [-0.05, 0) is 35.9 Å². The van der Waals surface area contributed by atoms with E-state index in [0.29, 0.717) is 17.4 Å². The van der Waals surface area contributed by atoms with Crippen LogP contribution in [0.3, 0.4) is 0 Å². The fourth-order valence-electron chi connectivity index (χ4n) is 2.36. The Morgan fingerprint density at radius 2 is 1.92 bits per heavy atom. The topological polar surface area (TPSA) is 85.9 Å². The van der Waals surface area contributed by atoms with Crippen LogP contribution in [0.1, 0.15) is 16.1 Å². The Labute approximate surface area is 156 Å². The number of halogens is 1. The molecule has 0 aliphatic carbocycles. The fourth-order valence-corrected chi connectivity index (χ4v) is 2.55. The Balaban J connectivity index is 1.64. The first-order valence-corrected chi connectivity index (χ1v) is 8.38. The van der Waals surface area contributed by atoms with Crippen molar-refractivity contribution in [2.75, 3.05) is 24.3 Å². The minimum Gasteiger partial charge on any atom is -0.378 e. The number of hydrogen-bond acceptors (Lipinski definition) is 5. The van der Waals surface area contributed by atoms with E-state index >= 15 is 0 Å². The average molecular weight is 371 g/mol. The van der Waals surface area contributed by atoms with Crippen LogP contribution in [0.4, 0.5) is 17.2 Å². The summed E-state index contributed by atoms with van der Waals surface area (Å²) in [6.07, 6.45) is 0. The highest BCUT2D eigenvalue weighted by Crippen LogP contribution is 2.20.